The molecule has 1 aliphatic rings. The lowest BCUT2D eigenvalue weighted by Gasteiger charge is -2.30. The van der Waals surface area contributed by atoms with E-state index in [1.54, 1.807) is 7.05 Å². The van der Waals surface area contributed by atoms with E-state index in [0.717, 1.165) is 17.8 Å². The van der Waals surface area contributed by atoms with Crippen LogP contribution in [0.1, 0.15) is 31.7 Å². The van der Waals surface area contributed by atoms with Crippen LogP contribution in [0.15, 0.2) is 24.3 Å². The first-order chi connectivity index (χ1) is 11.0. The number of likely N-dealkylation sites (tertiary alicyclic amines) is 1. The van der Waals surface area contributed by atoms with Crippen molar-refractivity contribution < 1.29 is 14.5 Å². The number of carbonyl (C=O) groups is 2. The van der Waals surface area contributed by atoms with Gasteiger partial charge in [-0.2, -0.15) is 0 Å². The number of aryl methyl sites for hydroxylation is 1. The fourth-order valence-electron chi connectivity index (χ4n) is 2.99. The van der Waals surface area contributed by atoms with E-state index >= 15 is 0 Å². The minimum Gasteiger partial charge on any atom is -0.332 e. The molecule has 23 heavy (non-hydrogen) atoms. The zero-order valence-electron chi connectivity index (χ0n) is 14.4. The van der Waals surface area contributed by atoms with E-state index in [4.69, 9.17) is 0 Å². The SMILES string of the molecule is Cc1ccc(NC(=O)CN(C)C(=O)C[NH+]2CCCC[C@H]2C)cc1. The number of anilines is 1. The zero-order chi connectivity index (χ0) is 16.8. The second-order valence-corrected chi connectivity index (χ2v) is 6.65. The van der Waals surface area contributed by atoms with Gasteiger partial charge in [0.1, 0.15) is 0 Å². The standard InChI is InChI=1S/C18H27N3O2/c1-14-7-9-16(10-8-14)19-17(22)12-20(3)18(23)13-21-11-5-4-6-15(21)2/h7-10,15H,4-6,11-13H2,1-3H3,(H,19,22)/p+1/t15-/m1/s1. The molecule has 0 saturated carbocycles. The Bertz CT molecular complexity index is 542. The minimum atomic E-state index is -0.161. The van der Waals surface area contributed by atoms with Gasteiger partial charge in [0.25, 0.3) is 5.91 Å². The van der Waals surface area contributed by atoms with Crippen molar-refractivity contribution in [1.82, 2.24) is 4.90 Å². The van der Waals surface area contributed by atoms with Gasteiger partial charge >= 0.3 is 0 Å². The molecule has 1 unspecified atom stereocenters. The zero-order valence-corrected chi connectivity index (χ0v) is 14.4. The van der Waals surface area contributed by atoms with Crippen LogP contribution in [0.4, 0.5) is 5.69 Å². The molecule has 1 heterocycles. The van der Waals surface area contributed by atoms with E-state index in [0.29, 0.717) is 12.6 Å². The first-order valence-electron chi connectivity index (χ1n) is 8.41. The van der Waals surface area contributed by atoms with Crippen LogP contribution in [-0.4, -0.2) is 49.4 Å². The molecule has 2 rings (SSSR count). The molecule has 0 radical (unpaired) electrons. The number of piperidine rings is 1. The molecular formula is C18H28N3O2+. The van der Waals surface area contributed by atoms with E-state index in [1.165, 1.54) is 29.1 Å². The Morgan fingerprint density at radius 2 is 1.96 bits per heavy atom. The highest BCUT2D eigenvalue weighted by Gasteiger charge is 2.26. The minimum absolute atomic E-state index is 0.0350. The van der Waals surface area contributed by atoms with Crippen LogP contribution < -0.4 is 10.2 Å². The lowest BCUT2D eigenvalue weighted by atomic mass is 10.0. The monoisotopic (exact) mass is 318 g/mol. The van der Waals surface area contributed by atoms with Crippen LogP contribution >= 0.6 is 0 Å². The third-order valence-electron chi connectivity index (χ3n) is 4.60. The van der Waals surface area contributed by atoms with E-state index in [9.17, 15) is 9.59 Å². The molecule has 0 aliphatic carbocycles. The summed E-state index contributed by atoms with van der Waals surface area (Å²) in [5, 5.41) is 2.83. The summed E-state index contributed by atoms with van der Waals surface area (Å²) in [5.74, 6) is -0.126. The van der Waals surface area contributed by atoms with E-state index in [2.05, 4.69) is 12.2 Å². The van der Waals surface area contributed by atoms with Crippen molar-refractivity contribution in [3.63, 3.8) is 0 Å². The third kappa shape index (κ3) is 5.36. The maximum atomic E-state index is 12.3. The van der Waals surface area contributed by atoms with Gasteiger partial charge in [-0.3, -0.25) is 9.59 Å². The average molecular weight is 318 g/mol. The summed E-state index contributed by atoms with van der Waals surface area (Å²) in [6, 6.07) is 8.17. The van der Waals surface area contributed by atoms with Crippen molar-refractivity contribution in [2.75, 3.05) is 32.0 Å². The Morgan fingerprint density at radius 3 is 2.61 bits per heavy atom. The lowest BCUT2D eigenvalue weighted by Crippen LogP contribution is -3.17. The Labute approximate surface area is 138 Å². The molecule has 2 N–H and O–H groups in total. The number of likely N-dealkylation sites (N-methyl/N-ethyl adjacent to an activating group) is 1. The van der Waals surface area contributed by atoms with Gasteiger partial charge in [0.15, 0.2) is 6.54 Å². The fourth-order valence-corrected chi connectivity index (χ4v) is 2.99. The first-order valence-corrected chi connectivity index (χ1v) is 8.41. The van der Waals surface area contributed by atoms with Crippen molar-refractivity contribution in [3.8, 4) is 0 Å². The normalized spacial score (nSPS) is 20.8. The molecule has 2 atom stereocenters. The maximum absolute atomic E-state index is 12.3. The van der Waals surface area contributed by atoms with Crippen LogP contribution in [0.25, 0.3) is 0 Å². The molecule has 0 spiro atoms. The molecule has 1 aromatic rings. The number of nitrogens with zero attached hydrogens (tertiary/aromatic N) is 1. The van der Waals surface area contributed by atoms with Gasteiger partial charge < -0.3 is 15.1 Å². The van der Waals surface area contributed by atoms with Crippen molar-refractivity contribution in [3.05, 3.63) is 29.8 Å². The average Bonchev–Trinajstić information content (AvgIpc) is 2.51. The predicted molar refractivity (Wildman–Crippen MR) is 91.5 cm³/mol. The van der Waals surface area contributed by atoms with E-state index in [1.807, 2.05) is 31.2 Å². The highest BCUT2D eigenvalue weighted by molar-refractivity contribution is 5.94. The van der Waals surface area contributed by atoms with Gasteiger partial charge in [-0.05, 0) is 45.2 Å². The maximum Gasteiger partial charge on any atom is 0.277 e. The Balaban J connectivity index is 1.80. The number of quaternary nitrogens is 1. The number of rotatable bonds is 5. The van der Waals surface area contributed by atoms with Gasteiger partial charge in [0, 0.05) is 12.7 Å². The van der Waals surface area contributed by atoms with Crippen molar-refractivity contribution in [1.29, 1.82) is 0 Å². The largest absolute Gasteiger partial charge is 0.332 e. The van der Waals surface area contributed by atoms with E-state index in [-0.39, 0.29) is 18.4 Å². The van der Waals surface area contributed by atoms with Gasteiger partial charge in [-0.1, -0.05) is 17.7 Å². The Kier molecular flexibility index (Phi) is 6.16. The highest BCUT2D eigenvalue weighted by atomic mass is 16.2. The fraction of sp³-hybridized carbons (Fsp3) is 0.556. The van der Waals surface area contributed by atoms with Crippen molar-refractivity contribution in [2.24, 2.45) is 0 Å². The predicted octanol–water partition coefficient (Wildman–Crippen LogP) is 0.849. The number of carbonyl (C=O) groups excluding carboxylic acids is 2. The molecule has 1 saturated heterocycles. The van der Waals surface area contributed by atoms with Gasteiger partial charge in [-0.15, -0.1) is 0 Å². The summed E-state index contributed by atoms with van der Waals surface area (Å²) < 4.78 is 0. The summed E-state index contributed by atoms with van der Waals surface area (Å²) in [4.78, 5) is 27.2. The lowest BCUT2D eigenvalue weighted by molar-refractivity contribution is -0.921. The van der Waals surface area contributed by atoms with E-state index < -0.39 is 0 Å². The molecule has 2 amide bonds. The summed E-state index contributed by atoms with van der Waals surface area (Å²) in [5.41, 5.74) is 1.91. The second kappa shape index (κ2) is 8.11. The molecule has 126 valence electrons. The van der Waals surface area contributed by atoms with Crippen LogP contribution in [0.2, 0.25) is 0 Å². The third-order valence-corrected chi connectivity index (χ3v) is 4.60. The van der Waals surface area contributed by atoms with Gasteiger partial charge in [-0.25, -0.2) is 0 Å². The Hall–Kier alpha value is -1.88. The number of hydrogen-bond donors (Lipinski definition) is 2. The first kappa shape index (κ1) is 17.5. The molecule has 5 heteroatoms. The molecule has 1 aromatic carbocycles. The van der Waals surface area contributed by atoms with Crippen LogP contribution in [-0.2, 0) is 9.59 Å². The summed E-state index contributed by atoms with van der Waals surface area (Å²) in [7, 11) is 1.70. The molecule has 5 nitrogen and oxygen atoms in total. The summed E-state index contributed by atoms with van der Waals surface area (Å²) in [6.45, 7) is 5.83. The van der Waals surface area contributed by atoms with Gasteiger partial charge in [0.2, 0.25) is 5.91 Å². The smallest absolute Gasteiger partial charge is 0.277 e. The number of nitrogens with one attached hydrogen (secondary N) is 2. The van der Waals surface area contributed by atoms with Crippen molar-refractivity contribution in [2.45, 2.75) is 39.2 Å². The van der Waals surface area contributed by atoms with Crippen LogP contribution in [0, 0.1) is 6.92 Å². The topological polar surface area (TPSA) is 53.9 Å². The number of amides is 2. The highest BCUT2D eigenvalue weighted by Crippen LogP contribution is 2.08. The summed E-state index contributed by atoms with van der Waals surface area (Å²) >= 11 is 0. The number of benzene rings is 1. The quantitative estimate of drug-likeness (QED) is 0.846. The van der Waals surface area contributed by atoms with Gasteiger partial charge in [0.05, 0.1) is 19.1 Å². The number of hydrogen-bond acceptors (Lipinski definition) is 2. The van der Waals surface area contributed by atoms with Crippen LogP contribution in [0.3, 0.4) is 0 Å². The molecule has 1 fully saturated rings. The summed E-state index contributed by atoms with van der Waals surface area (Å²) in [6.07, 6.45) is 3.62. The van der Waals surface area contributed by atoms with Crippen LogP contribution in [0.5, 0.6) is 0 Å². The molecular weight excluding hydrogens is 290 g/mol. The Morgan fingerprint density at radius 1 is 1.26 bits per heavy atom. The molecule has 1 aliphatic heterocycles. The molecule has 0 bridgehead atoms. The molecule has 0 aromatic heterocycles. The van der Waals surface area contributed by atoms with Crippen molar-refractivity contribution >= 4 is 17.5 Å². The second-order valence-electron chi connectivity index (χ2n) is 6.65.